The fraction of sp³-hybridized carbons (Fsp3) is 0.667. The van der Waals surface area contributed by atoms with E-state index >= 15 is 0 Å². The third-order valence-corrected chi connectivity index (χ3v) is 0.881. The lowest BCUT2D eigenvalue weighted by Gasteiger charge is -2.01. The van der Waals surface area contributed by atoms with Crippen LogP contribution in [0.25, 0.3) is 0 Å². The van der Waals surface area contributed by atoms with E-state index in [1.54, 1.807) is 0 Å². The maximum atomic E-state index is 5.07. The van der Waals surface area contributed by atoms with E-state index in [9.17, 15) is 0 Å². The van der Waals surface area contributed by atoms with E-state index in [4.69, 9.17) is 4.74 Å². The first-order chi connectivity index (χ1) is 4.79. The van der Waals surface area contributed by atoms with Crippen LogP contribution in [-0.4, -0.2) is 16.7 Å². The fourth-order valence-corrected chi connectivity index (χ4v) is 0.465. The molecule has 56 valence electrons. The Morgan fingerprint density at radius 3 is 3.00 bits per heavy atom. The molecule has 0 aromatic carbocycles. The minimum absolute atomic E-state index is 0.244. The van der Waals surface area contributed by atoms with Crippen molar-refractivity contribution < 1.29 is 9.26 Å². The number of aromatic nitrogens is 2. The lowest BCUT2D eigenvalue weighted by Crippen LogP contribution is -2.04. The average molecular weight is 142 g/mol. The van der Waals surface area contributed by atoms with Crippen molar-refractivity contribution in [1.29, 1.82) is 0 Å². The van der Waals surface area contributed by atoms with Crippen molar-refractivity contribution in [1.82, 2.24) is 10.1 Å². The summed E-state index contributed by atoms with van der Waals surface area (Å²) in [6.07, 6.45) is 1.56. The Morgan fingerprint density at radius 2 is 2.50 bits per heavy atom. The van der Waals surface area contributed by atoms with Gasteiger partial charge in [-0.05, 0) is 5.92 Å². The fourth-order valence-electron chi connectivity index (χ4n) is 0.465. The van der Waals surface area contributed by atoms with Crippen molar-refractivity contribution >= 4 is 0 Å². The molecule has 10 heavy (non-hydrogen) atoms. The van der Waals surface area contributed by atoms with Gasteiger partial charge in [0, 0.05) is 0 Å². The van der Waals surface area contributed by atoms with Gasteiger partial charge in [-0.25, -0.2) is 0 Å². The minimum atomic E-state index is 0.244. The molecule has 0 spiro atoms. The topological polar surface area (TPSA) is 48.2 Å². The number of rotatable bonds is 3. The van der Waals surface area contributed by atoms with Gasteiger partial charge in [-0.2, -0.15) is 4.98 Å². The molecule has 0 bridgehead atoms. The number of ether oxygens (including phenoxy) is 1. The predicted octanol–water partition coefficient (Wildman–Crippen LogP) is 1.10. The van der Waals surface area contributed by atoms with Gasteiger partial charge in [0.15, 0.2) is 6.33 Å². The largest absolute Gasteiger partial charge is 0.449 e. The van der Waals surface area contributed by atoms with Gasteiger partial charge in [0.05, 0.1) is 6.61 Å². The Balaban J connectivity index is 2.28. The smallest absolute Gasteiger partial charge is 0.417 e. The second-order valence-corrected chi connectivity index (χ2v) is 2.41. The highest BCUT2D eigenvalue weighted by atomic mass is 16.6. The van der Waals surface area contributed by atoms with Crippen LogP contribution in [0.2, 0.25) is 0 Å². The molecular formula is C6H10N2O2. The van der Waals surface area contributed by atoms with Gasteiger partial charge < -0.3 is 4.74 Å². The third kappa shape index (κ3) is 2.05. The Bertz CT molecular complexity index is 172. The van der Waals surface area contributed by atoms with Crippen molar-refractivity contribution in [3.8, 4) is 6.08 Å². The molecule has 0 atom stereocenters. The summed E-state index contributed by atoms with van der Waals surface area (Å²) >= 11 is 0. The molecule has 4 heteroatoms. The summed E-state index contributed by atoms with van der Waals surface area (Å²) < 4.78 is 9.67. The maximum absolute atomic E-state index is 5.07. The number of hydrogen-bond acceptors (Lipinski definition) is 4. The normalized spacial score (nSPS) is 10.3. The lowest BCUT2D eigenvalue weighted by atomic mass is 10.2. The molecule has 0 radical (unpaired) electrons. The molecule has 1 aromatic heterocycles. The van der Waals surface area contributed by atoms with E-state index in [2.05, 4.69) is 28.5 Å². The summed E-state index contributed by atoms with van der Waals surface area (Å²) in [5.74, 6) is 0.479. The Hall–Kier alpha value is -1.06. The molecule has 0 aliphatic carbocycles. The van der Waals surface area contributed by atoms with Crippen LogP contribution in [0.15, 0.2) is 10.9 Å². The first kappa shape index (κ1) is 7.05. The first-order valence-corrected chi connectivity index (χ1v) is 3.18. The van der Waals surface area contributed by atoms with Crippen LogP contribution in [0.1, 0.15) is 13.8 Å². The maximum Gasteiger partial charge on any atom is 0.417 e. The van der Waals surface area contributed by atoms with E-state index in [1.165, 1.54) is 6.33 Å². The molecule has 0 saturated heterocycles. The Labute approximate surface area is 59.2 Å². The van der Waals surface area contributed by atoms with Crippen LogP contribution in [0.5, 0.6) is 6.08 Å². The summed E-state index contributed by atoms with van der Waals surface area (Å²) in [5, 5.41) is 3.39. The van der Waals surface area contributed by atoms with Crippen LogP contribution in [-0.2, 0) is 0 Å². The predicted molar refractivity (Wildman–Crippen MR) is 34.6 cm³/mol. The van der Waals surface area contributed by atoms with E-state index in [-0.39, 0.29) is 6.08 Å². The van der Waals surface area contributed by atoms with Gasteiger partial charge in [-0.1, -0.05) is 19.0 Å². The molecule has 1 aromatic rings. The van der Waals surface area contributed by atoms with Crippen molar-refractivity contribution in [3.05, 3.63) is 6.33 Å². The van der Waals surface area contributed by atoms with Gasteiger partial charge in [0.2, 0.25) is 0 Å². The molecule has 1 heterocycles. The van der Waals surface area contributed by atoms with Gasteiger partial charge in [-0.15, -0.1) is 0 Å². The lowest BCUT2D eigenvalue weighted by molar-refractivity contribution is 0.181. The SMILES string of the molecule is CC(C)COc1ncno1. The minimum Gasteiger partial charge on any atom is -0.449 e. The second kappa shape index (κ2) is 3.20. The molecule has 0 aliphatic heterocycles. The summed E-state index contributed by atoms with van der Waals surface area (Å²) in [6, 6.07) is 0. The standard InChI is InChI=1S/C6H10N2O2/c1-5(2)3-9-6-7-4-8-10-6/h4-5H,3H2,1-2H3. The van der Waals surface area contributed by atoms with Gasteiger partial charge in [0.25, 0.3) is 0 Å². The number of nitrogens with zero attached hydrogens (tertiary/aromatic N) is 2. The molecule has 1 rings (SSSR count). The molecule has 0 saturated carbocycles. The first-order valence-electron chi connectivity index (χ1n) is 3.18. The summed E-state index contributed by atoms with van der Waals surface area (Å²) in [6.45, 7) is 4.72. The van der Waals surface area contributed by atoms with Crippen molar-refractivity contribution in [2.45, 2.75) is 13.8 Å². The molecule has 4 nitrogen and oxygen atoms in total. The highest BCUT2D eigenvalue weighted by molar-refractivity contribution is 4.78. The highest BCUT2D eigenvalue weighted by Gasteiger charge is 1.99. The van der Waals surface area contributed by atoms with E-state index in [0.717, 1.165) is 0 Å². The van der Waals surface area contributed by atoms with E-state index < -0.39 is 0 Å². The zero-order valence-electron chi connectivity index (χ0n) is 6.07. The monoisotopic (exact) mass is 142 g/mol. The van der Waals surface area contributed by atoms with Gasteiger partial charge in [-0.3, -0.25) is 4.52 Å². The quantitative estimate of drug-likeness (QED) is 0.634. The van der Waals surface area contributed by atoms with Crippen LogP contribution >= 0.6 is 0 Å². The molecule has 0 aliphatic rings. The average Bonchev–Trinajstić information content (AvgIpc) is 2.34. The van der Waals surface area contributed by atoms with Gasteiger partial charge >= 0.3 is 6.08 Å². The Morgan fingerprint density at radius 1 is 1.70 bits per heavy atom. The second-order valence-electron chi connectivity index (χ2n) is 2.41. The van der Waals surface area contributed by atoms with Crippen molar-refractivity contribution in [2.75, 3.05) is 6.61 Å². The molecule has 0 N–H and O–H groups in total. The highest BCUT2D eigenvalue weighted by Crippen LogP contribution is 2.03. The Kier molecular flexibility index (Phi) is 2.25. The van der Waals surface area contributed by atoms with Crippen LogP contribution in [0.4, 0.5) is 0 Å². The van der Waals surface area contributed by atoms with Crippen LogP contribution in [0.3, 0.4) is 0 Å². The van der Waals surface area contributed by atoms with Crippen LogP contribution < -0.4 is 4.74 Å². The third-order valence-electron chi connectivity index (χ3n) is 0.881. The van der Waals surface area contributed by atoms with E-state index in [1.807, 2.05) is 0 Å². The summed E-state index contributed by atoms with van der Waals surface area (Å²) in [4.78, 5) is 3.69. The van der Waals surface area contributed by atoms with E-state index in [0.29, 0.717) is 12.5 Å². The molecular weight excluding hydrogens is 132 g/mol. The van der Waals surface area contributed by atoms with Gasteiger partial charge in [0.1, 0.15) is 0 Å². The summed E-state index contributed by atoms with van der Waals surface area (Å²) in [5.41, 5.74) is 0. The number of hydrogen-bond donors (Lipinski definition) is 0. The summed E-state index contributed by atoms with van der Waals surface area (Å²) in [7, 11) is 0. The molecule has 0 amide bonds. The zero-order valence-corrected chi connectivity index (χ0v) is 6.07. The zero-order chi connectivity index (χ0) is 7.40. The van der Waals surface area contributed by atoms with Crippen LogP contribution in [0, 0.1) is 5.92 Å². The molecule has 0 fully saturated rings. The van der Waals surface area contributed by atoms with Crippen molar-refractivity contribution in [2.24, 2.45) is 5.92 Å². The van der Waals surface area contributed by atoms with Crippen molar-refractivity contribution in [3.63, 3.8) is 0 Å². The molecule has 0 unspecified atom stereocenters.